The molecule has 6 nitrogen and oxygen atoms in total. The molecule has 6 heteroatoms. The van der Waals surface area contributed by atoms with Crippen molar-refractivity contribution in [2.24, 2.45) is 0 Å². The minimum atomic E-state index is -0.936. The normalized spacial score (nSPS) is 15.2. The summed E-state index contributed by atoms with van der Waals surface area (Å²) < 4.78 is 15.0. The Morgan fingerprint density at radius 3 is 2.65 bits per heavy atom. The Hall–Kier alpha value is -2.50. The molecule has 1 heterocycles. The molecule has 0 aliphatic carbocycles. The van der Waals surface area contributed by atoms with Crippen LogP contribution in [0.4, 0.5) is 5.69 Å². The number of amides is 1. The molecule has 0 saturated heterocycles. The van der Waals surface area contributed by atoms with E-state index in [9.17, 15) is 9.59 Å². The molecule has 2 rings (SSSR count). The lowest BCUT2D eigenvalue weighted by atomic mass is 10.3. The summed E-state index contributed by atoms with van der Waals surface area (Å²) in [5.41, 5.74) is 0.636. The van der Waals surface area contributed by atoms with Crippen LogP contribution in [0, 0.1) is 0 Å². The Balaban J connectivity index is 1.87. The van der Waals surface area contributed by atoms with E-state index in [0.717, 1.165) is 0 Å². The van der Waals surface area contributed by atoms with Crippen LogP contribution in [-0.4, -0.2) is 31.2 Å². The van der Waals surface area contributed by atoms with Gasteiger partial charge in [-0.05, 0) is 19.1 Å². The number of esters is 1. The molecule has 1 aliphatic heterocycles. The van der Waals surface area contributed by atoms with Crippen molar-refractivity contribution >= 4 is 17.6 Å². The van der Waals surface area contributed by atoms with Crippen LogP contribution < -0.4 is 5.32 Å². The predicted octanol–water partition coefficient (Wildman–Crippen LogP) is 1.44. The van der Waals surface area contributed by atoms with E-state index < -0.39 is 18.0 Å². The average Bonchev–Trinajstić information content (AvgIpc) is 2.49. The van der Waals surface area contributed by atoms with E-state index in [1.807, 2.05) is 6.07 Å². The van der Waals surface area contributed by atoms with Gasteiger partial charge in [0.2, 0.25) is 5.76 Å². The second-order valence-electron chi connectivity index (χ2n) is 4.10. The van der Waals surface area contributed by atoms with Gasteiger partial charge in [-0.3, -0.25) is 4.79 Å². The monoisotopic (exact) mass is 277 g/mol. The minimum absolute atomic E-state index is 0.0318. The largest absolute Gasteiger partial charge is 0.493 e. The number of para-hydroxylation sites is 1. The maximum absolute atomic E-state index is 11.9. The average molecular weight is 277 g/mol. The Labute approximate surface area is 116 Å². The lowest BCUT2D eigenvalue weighted by Crippen LogP contribution is -2.31. The SMILES string of the molecule is C[C@H](OC(=O)C1=COCCO1)C(=O)Nc1ccccc1. The number of ether oxygens (including phenoxy) is 3. The zero-order valence-corrected chi connectivity index (χ0v) is 11.0. The first-order chi connectivity index (χ1) is 9.66. The van der Waals surface area contributed by atoms with Gasteiger partial charge in [0.1, 0.15) is 19.5 Å². The summed E-state index contributed by atoms with van der Waals surface area (Å²) in [6, 6.07) is 8.92. The van der Waals surface area contributed by atoms with E-state index in [1.54, 1.807) is 24.3 Å². The first-order valence-corrected chi connectivity index (χ1v) is 6.18. The lowest BCUT2D eigenvalue weighted by Gasteiger charge is -2.17. The van der Waals surface area contributed by atoms with Crippen LogP contribution in [0.2, 0.25) is 0 Å². The lowest BCUT2D eigenvalue weighted by molar-refractivity contribution is -0.153. The van der Waals surface area contributed by atoms with E-state index in [0.29, 0.717) is 12.3 Å². The molecule has 0 unspecified atom stereocenters. The predicted molar refractivity (Wildman–Crippen MR) is 70.6 cm³/mol. The molecule has 0 bridgehead atoms. The Morgan fingerprint density at radius 2 is 2.00 bits per heavy atom. The van der Waals surface area contributed by atoms with Crippen molar-refractivity contribution in [2.75, 3.05) is 18.5 Å². The standard InChI is InChI=1S/C14H15NO5/c1-10(13(16)15-11-5-3-2-4-6-11)20-14(17)12-9-18-7-8-19-12/h2-6,9-10H,7-8H2,1H3,(H,15,16)/t10-/m0/s1. The second-order valence-corrected chi connectivity index (χ2v) is 4.10. The van der Waals surface area contributed by atoms with Crippen molar-refractivity contribution in [1.82, 2.24) is 0 Å². The molecule has 0 spiro atoms. The number of hydrogen-bond donors (Lipinski definition) is 1. The molecule has 20 heavy (non-hydrogen) atoms. The molecule has 0 aromatic heterocycles. The molecule has 0 saturated carbocycles. The Morgan fingerprint density at radius 1 is 1.25 bits per heavy atom. The first kappa shape index (κ1) is 13.9. The van der Waals surface area contributed by atoms with Gasteiger partial charge in [0.05, 0.1) is 0 Å². The minimum Gasteiger partial charge on any atom is -0.493 e. The van der Waals surface area contributed by atoms with E-state index >= 15 is 0 Å². The van der Waals surface area contributed by atoms with Gasteiger partial charge in [-0.25, -0.2) is 4.79 Å². The fourth-order valence-corrected chi connectivity index (χ4v) is 1.51. The first-order valence-electron chi connectivity index (χ1n) is 6.18. The summed E-state index contributed by atoms with van der Waals surface area (Å²) in [5.74, 6) is -1.17. The van der Waals surface area contributed by atoms with Crippen molar-refractivity contribution in [3.05, 3.63) is 42.4 Å². The molecule has 1 atom stereocenters. The maximum Gasteiger partial charge on any atom is 0.377 e. The molecular formula is C14H15NO5. The molecule has 0 fully saturated rings. The van der Waals surface area contributed by atoms with Gasteiger partial charge in [-0.2, -0.15) is 0 Å². The zero-order valence-electron chi connectivity index (χ0n) is 11.0. The second kappa shape index (κ2) is 6.60. The zero-order chi connectivity index (χ0) is 14.4. The fraction of sp³-hybridized carbons (Fsp3) is 0.286. The molecule has 0 radical (unpaired) electrons. The Kier molecular flexibility index (Phi) is 4.60. The number of benzene rings is 1. The topological polar surface area (TPSA) is 73.9 Å². The van der Waals surface area contributed by atoms with Crippen LogP contribution in [-0.2, 0) is 23.8 Å². The third-order valence-electron chi connectivity index (χ3n) is 2.54. The number of carbonyl (C=O) groups is 2. The van der Waals surface area contributed by atoms with Crippen LogP contribution >= 0.6 is 0 Å². The van der Waals surface area contributed by atoms with Gasteiger partial charge in [-0.1, -0.05) is 18.2 Å². The van der Waals surface area contributed by atoms with Crippen LogP contribution in [0.3, 0.4) is 0 Å². The maximum atomic E-state index is 11.9. The Bertz CT molecular complexity index is 512. The highest BCUT2D eigenvalue weighted by molar-refractivity contribution is 5.96. The molecule has 1 aromatic carbocycles. The van der Waals surface area contributed by atoms with Crippen LogP contribution in [0.1, 0.15) is 6.92 Å². The van der Waals surface area contributed by atoms with E-state index in [-0.39, 0.29) is 12.4 Å². The summed E-state index contributed by atoms with van der Waals surface area (Å²) in [7, 11) is 0. The smallest absolute Gasteiger partial charge is 0.377 e. The van der Waals surface area contributed by atoms with E-state index in [1.165, 1.54) is 13.2 Å². The molecule has 1 amide bonds. The van der Waals surface area contributed by atoms with Crippen molar-refractivity contribution in [1.29, 1.82) is 0 Å². The third kappa shape index (κ3) is 3.74. The van der Waals surface area contributed by atoms with Crippen LogP contribution in [0.5, 0.6) is 0 Å². The summed E-state index contributed by atoms with van der Waals surface area (Å²) in [4.78, 5) is 23.5. The van der Waals surface area contributed by atoms with Crippen LogP contribution in [0.15, 0.2) is 42.4 Å². The van der Waals surface area contributed by atoms with Crippen molar-refractivity contribution in [3.63, 3.8) is 0 Å². The summed E-state index contributed by atoms with van der Waals surface area (Å²) >= 11 is 0. The van der Waals surface area contributed by atoms with Crippen LogP contribution in [0.25, 0.3) is 0 Å². The highest BCUT2D eigenvalue weighted by Crippen LogP contribution is 2.10. The van der Waals surface area contributed by atoms with Gasteiger partial charge in [0, 0.05) is 5.69 Å². The number of rotatable bonds is 4. The number of carbonyl (C=O) groups excluding carboxylic acids is 2. The molecule has 1 aromatic rings. The summed E-state index contributed by atoms with van der Waals surface area (Å²) in [5, 5.41) is 2.64. The molecule has 1 aliphatic rings. The number of hydrogen-bond acceptors (Lipinski definition) is 5. The number of anilines is 1. The quantitative estimate of drug-likeness (QED) is 0.843. The van der Waals surface area contributed by atoms with Gasteiger partial charge in [-0.15, -0.1) is 0 Å². The van der Waals surface area contributed by atoms with Crippen molar-refractivity contribution in [2.45, 2.75) is 13.0 Å². The van der Waals surface area contributed by atoms with Gasteiger partial charge in [0.15, 0.2) is 6.10 Å². The van der Waals surface area contributed by atoms with E-state index in [2.05, 4.69) is 5.32 Å². The summed E-state index contributed by atoms with van der Waals surface area (Å²) in [6.45, 7) is 2.16. The fourth-order valence-electron chi connectivity index (χ4n) is 1.51. The molecule has 1 N–H and O–H groups in total. The van der Waals surface area contributed by atoms with E-state index in [4.69, 9.17) is 14.2 Å². The van der Waals surface area contributed by atoms with Gasteiger partial charge < -0.3 is 19.5 Å². The van der Waals surface area contributed by atoms with Crippen molar-refractivity contribution < 1.29 is 23.8 Å². The number of nitrogens with one attached hydrogen (secondary N) is 1. The molecule has 106 valence electrons. The highest BCUT2D eigenvalue weighted by atomic mass is 16.6. The van der Waals surface area contributed by atoms with Gasteiger partial charge >= 0.3 is 5.97 Å². The highest BCUT2D eigenvalue weighted by Gasteiger charge is 2.23. The summed E-state index contributed by atoms with van der Waals surface area (Å²) in [6.07, 6.45) is 0.252. The van der Waals surface area contributed by atoms with Gasteiger partial charge in [0.25, 0.3) is 5.91 Å². The van der Waals surface area contributed by atoms with Crippen molar-refractivity contribution in [3.8, 4) is 0 Å². The molecular weight excluding hydrogens is 262 g/mol. The third-order valence-corrected chi connectivity index (χ3v) is 2.54.